The van der Waals surface area contributed by atoms with E-state index in [2.05, 4.69) is 24.3 Å². The lowest BCUT2D eigenvalue weighted by molar-refractivity contribution is -0.117. The van der Waals surface area contributed by atoms with Gasteiger partial charge in [-0.2, -0.15) is 0 Å². The predicted molar refractivity (Wildman–Crippen MR) is 81.7 cm³/mol. The smallest absolute Gasteiger partial charge is 0.224 e. The highest BCUT2D eigenvalue weighted by molar-refractivity contribution is 5.92. The molecular weight excluding hydrogens is 246 g/mol. The van der Waals surface area contributed by atoms with Gasteiger partial charge >= 0.3 is 0 Å². The molecule has 3 rings (SSSR count). The van der Waals surface area contributed by atoms with E-state index < -0.39 is 0 Å². The van der Waals surface area contributed by atoms with E-state index in [-0.39, 0.29) is 11.9 Å². The van der Waals surface area contributed by atoms with Gasteiger partial charge in [0.1, 0.15) is 0 Å². The van der Waals surface area contributed by atoms with Crippen molar-refractivity contribution in [3.8, 4) is 0 Å². The molecule has 0 aliphatic heterocycles. The van der Waals surface area contributed by atoms with Crippen molar-refractivity contribution < 1.29 is 4.79 Å². The van der Waals surface area contributed by atoms with E-state index in [1.54, 1.807) is 6.92 Å². The average Bonchev–Trinajstić information content (AvgIpc) is 2.48. The summed E-state index contributed by atoms with van der Waals surface area (Å²) in [6.45, 7) is 1.66. The summed E-state index contributed by atoms with van der Waals surface area (Å²) in [7, 11) is 0. The van der Waals surface area contributed by atoms with Gasteiger partial charge in [-0.05, 0) is 42.5 Å². The number of nitrogens with zero attached hydrogens (tertiary/aromatic N) is 1. The molecule has 2 heteroatoms. The van der Waals surface area contributed by atoms with Gasteiger partial charge in [0.05, 0.1) is 6.04 Å². The highest BCUT2D eigenvalue weighted by Crippen LogP contribution is 2.36. The number of aryl methyl sites for hydroxylation is 1. The Kier molecular flexibility index (Phi) is 3.55. The predicted octanol–water partition coefficient (Wildman–Crippen LogP) is 4.12. The molecule has 2 aromatic rings. The molecule has 0 spiro atoms. The van der Waals surface area contributed by atoms with E-state index in [1.165, 1.54) is 11.1 Å². The van der Waals surface area contributed by atoms with Crippen LogP contribution in [0, 0.1) is 0 Å². The van der Waals surface area contributed by atoms with Crippen LogP contribution in [-0.4, -0.2) is 5.91 Å². The zero-order valence-corrected chi connectivity index (χ0v) is 11.8. The van der Waals surface area contributed by atoms with Crippen LogP contribution < -0.4 is 4.90 Å². The minimum absolute atomic E-state index is 0.109. The Bertz CT molecular complexity index is 606. The fraction of sp³-hybridized carbons (Fsp3) is 0.278. The second-order valence-electron chi connectivity index (χ2n) is 5.33. The molecular formula is C18H19NO. The van der Waals surface area contributed by atoms with Crippen LogP contribution in [0.2, 0.25) is 0 Å². The van der Waals surface area contributed by atoms with Crippen molar-refractivity contribution >= 4 is 11.6 Å². The molecule has 1 atom stereocenters. The molecule has 0 bridgehead atoms. The summed E-state index contributed by atoms with van der Waals surface area (Å²) in [6.07, 6.45) is 3.29. The van der Waals surface area contributed by atoms with E-state index in [4.69, 9.17) is 0 Å². The van der Waals surface area contributed by atoms with E-state index in [1.807, 2.05) is 35.2 Å². The molecule has 20 heavy (non-hydrogen) atoms. The van der Waals surface area contributed by atoms with Crippen LogP contribution in [0.25, 0.3) is 0 Å². The molecule has 0 fully saturated rings. The number of rotatable bonds is 2. The number of hydrogen-bond donors (Lipinski definition) is 0. The Hall–Kier alpha value is -2.09. The van der Waals surface area contributed by atoms with Crippen molar-refractivity contribution in [2.75, 3.05) is 4.90 Å². The van der Waals surface area contributed by atoms with Gasteiger partial charge in [0, 0.05) is 12.6 Å². The van der Waals surface area contributed by atoms with Crippen LogP contribution in [0.3, 0.4) is 0 Å². The van der Waals surface area contributed by atoms with Gasteiger partial charge in [0.25, 0.3) is 0 Å². The topological polar surface area (TPSA) is 20.3 Å². The maximum absolute atomic E-state index is 12.2. The van der Waals surface area contributed by atoms with Crippen LogP contribution in [0.4, 0.5) is 5.69 Å². The Labute approximate surface area is 120 Å². The van der Waals surface area contributed by atoms with Crippen molar-refractivity contribution in [2.45, 2.75) is 32.2 Å². The van der Waals surface area contributed by atoms with Crippen molar-refractivity contribution in [3.05, 3.63) is 65.7 Å². The van der Waals surface area contributed by atoms with Gasteiger partial charge in [-0.3, -0.25) is 4.79 Å². The van der Waals surface area contributed by atoms with Crippen LogP contribution in [0.1, 0.15) is 36.9 Å². The molecule has 1 aliphatic rings. The Balaban J connectivity index is 2.04. The SMILES string of the molecule is CC(=O)N(c1ccccc1)C1CCCc2ccccc21. The van der Waals surface area contributed by atoms with Crippen LogP contribution in [0.15, 0.2) is 54.6 Å². The van der Waals surface area contributed by atoms with Gasteiger partial charge in [-0.25, -0.2) is 0 Å². The maximum atomic E-state index is 12.2. The zero-order valence-electron chi connectivity index (χ0n) is 11.8. The molecule has 0 heterocycles. The first-order valence-electron chi connectivity index (χ1n) is 7.20. The van der Waals surface area contributed by atoms with Crippen molar-refractivity contribution in [1.82, 2.24) is 0 Å². The molecule has 0 aromatic heterocycles. The largest absolute Gasteiger partial charge is 0.305 e. The first-order valence-corrected chi connectivity index (χ1v) is 7.20. The normalized spacial score (nSPS) is 17.4. The summed E-state index contributed by atoms with van der Waals surface area (Å²) in [5.41, 5.74) is 3.67. The summed E-state index contributed by atoms with van der Waals surface area (Å²) in [6, 6.07) is 18.7. The fourth-order valence-electron chi connectivity index (χ4n) is 3.17. The Morgan fingerprint density at radius 2 is 1.75 bits per heavy atom. The van der Waals surface area contributed by atoms with Crippen molar-refractivity contribution in [3.63, 3.8) is 0 Å². The quantitative estimate of drug-likeness (QED) is 0.800. The third-order valence-corrected chi connectivity index (χ3v) is 4.02. The lowest BCUT2D eigenvalue weighted by Crippen LogP contribution is -2.35. The number of fused-ring (bicyclic) bond motifs is 1. The van der Waals surface area contributed by atoms with E-state index in [9.17, 15) is 4.79 Å². The van der Waals surface area contributed by atoms with Gasteiger partial charge < -0.3 is 4.90 Å². The number of para-hydroxylation sites is 1. The number of amides is 1. The second kappa shape index (κ2) is 5.49. The molecule has 2 aromatic carbocycles. The molecule has 0 saturated heterocycles. The Morgan fingerprint density at radius 3 is 2.50 bits per heavy atom. The zero-order chi connectivity index (χ0) is 13.9. The second-order valence-corrected chi connectivity index (χ2v) is 5.33. The number of anilines is 1. The summed E-state index contributed by atoms with van der Waals surface area (Å²) in [5, 5.41) is 0. The van der Waals surface area contributed by atoms with Crippen molar-refractivity contribution in [2.24, 2.45) is 0 Å². The molecule has 0 saturated carbocycles. The molecule has 1 amide bonds. The van der Waals surface area contributed by atoms with Crippen LogP contribution in [-0.2, 0) is 11.2 Å². The average molecular weight is 265 g/mol. The van der Waals surface area contributed by atoms with Gasteiger partial charge in [0.2, 0.25) is 5.91 Å². The molecule has 102 valence electrons. The molecule has 2 nitrogen and oxygen atoms in total. The van der Waals surface area contributed by atoms with Gasteiger partial charge in [0.15, 0.2) is 0 Å². The van der Waals surface area contributed by atoms with E-state index in [0.717, 1.165) is 24.9 Å². The first-order chi connectivity index (χ1) is 9.77. The van der Waals surface area contributed by atoms with Gasteiger partial charge in [-0.1, -0.05) is 42.5 Å². The molecule has 0 radical (unpaired) electrons. The first kappa shape index (κ1) is 12.9. The highest BCUT2D eigenvalue weighted by atomic mass is 16.2. The fourth-order valence-corrected chi connectivity index (χ4v) is 3.17. The Morgan fingerprint density at radius 1 is 1.05 bits per heavy atom. The highest BCUT2D eigenvalue weighted by Gasteiger charge is 2.28. The lowest BCUT2D eigenvalue weighted by Gasteiger charge is -2.35. The summed E-state index contributed by atoms with van der Waals surface area (Å²) < 4.78 is 0. The van der Waals surface area contributed by atoms with Gasteiger partial charge in [-0.15, -0.1) is 0 Å². The number of benzene rings is 2. The number of carbonyl (C=O) groups is 1. The number of carbonyl (C=O) groups excluding carboxylic acids is 1. The number of hydrogen-bond acceptors (Lipinski definition) is 1. The lowest BCUT2D eigenvalue weighted by atomic mass is 9.86. The third-order valence-electron chi connectivity index (χ3n) is 4.02. The molecule has 1 aliphatic carbocycles. The van der Waals surface area contributed by atoms with E-state index in [0.29, 0.717) is 0 Å². The third kappa shape index (κ3) is 2.34. The van der Waals surface area contributed by atoms with E-state index >= 15 is 0 Å². The monoisotopic (exact) mass is 265 g/mol. The minimum Gasteiger partial charge on any atom is -0.305 e. The van der Waals surface area contributed by atoms with Crippen molar-refractivity contribution in [1.29, 1.82) is 0 Å². The minimum atomic E-state index is 0.109. The summed E-state index contributed by atoms with van der Waals surface area (Å²) in [4.78, 5) is 14.1. The summed E-state index contributed by atoms with van der Waals surface area (Å²) in [5.74, 6) is 0.109. The summed E-state index contributed by atoms with van der Waals surface area (Å²) >= 11 is 0. The molecule has 1 unspecified atom stereocenters. The van der Waals surface area contributed by atoms with Crippen LogP contribution >= 0.6 is 0 Å². The standard InChI is InChI=1S/C18H19NO/c1-14(20)19(16-10-3-2-4-11-16)18-13-7-9-15-8-5-6-12-17(15)18/h2-6,8,10-12,18H,7,9,13H2,1H3. The molecule has 0 N–H and O–H groups in total. The van der Waals surface area contributed by atoms with Crippen LogP contribution in [0.5, 0.6) is 0 Å². The maximum Gasteiger partial charge on any atom is 0.224 e.